The van der Waals surface area contributed by atoms with Crippen LogP contribution in [-0.4, -0.2) is 37.2 Å². The van der Waals surface area contributed by atoms with Gasteiger partial charge in [0.2, 0.25) is 0 Å². The minimum Gasteiger partial charge on any atom is -0.462 e. The van der Waals surface area contributed by atoms with E-state index in [0.717, 1.165) is 57.8 Å². The lowest BCUT2D eigenvalue weighted by Gasteiger charge is -2.18. The molecule has 0 aromatic rings. The summed E-state index contributed by atoms with van der Waals surface area (Å²) in [7, 11) is 0. The van der Waals surface area contributed by atoms with Crippen LogP contribution >= 0.6 is 0 Å². The van der Waals surface area contributed by atoms with Gasteiger partial charge in [-0.25, -0.2) is 0 Å². The summed E-state index contributed by atoms with van der Waals surface area (Å²) in [5.74, 6) is -0.847. The van der Waals surface area contributed by atoms with Gasteiger partial charge in [-0.1, -0.05) is 290 Å². The number of unbranched alkanes of at least 4 members (excludes halogenated alkanes) is 43. The molecule has 0 spiro atoms. The van der Waals surface area contributed by atoms with Gasteiger partial charge in [0.15, 0.2) is 6.10 Å². The zero-order valence-corrected chi connectivity index (χ0v) is 45.5. The molecule has 0 bridgehead atoms. The van der Waals surface area contributed by atoms with Gasteiger partial charge in [-0.2, -0.15) is 0 Å². The fourth-order valence-electron chi connectivity index (χ4n) is 9.21. The van der Waals surface area contributed by atoms with E-state index < -0.39 is 6.10 Å². The van der Waals surface area contributed by atoms with Gasteiger partial charge in [-0.3, -0.25) is 14.4 Å². The smallest absolute Gasteiger partial charge is 0.306 e. The Morgan fingerprint density at radius 1 is 0.284 bits per heavy atom. The average molecular weight is 946 g/mol. The van der Waals surface area contributed by atoms with E-state index in [1.54, 1.807) is 0 Å². The summed E-state index contributed by atoms with van der Waals surface area (Å²) in [6.07, 6.45) is 65.1. The largest absolute Gasteiger partial charge is 0.462 e. The average Bonchev–Trinajstić information content (AvgIpc) is 3.33. The molecule has 396 valence electrons. The molecule has 0 saturated heterocycles. The molecule has 1 atom stereocenters. The highest BCUT2D eigenvalue weighted by Crippen LogP contribution is 2.17. The summed E-state index contributed by atoms with van der Waals surface area (Å²) in [6, 6.07) is 0. The maximum Gasteiger partial charge on any atom is 0.306 e. The summed E-state index contributed by atoms with van der Waals surface area (Å²) in [6.45, 7) is 6.67. The molecule has 6 nitrogen and oxygen atoms in total. The fraction of sp³-hybridized carbons (Fsp3) is 0.918. The van der Waals surface area contributed by atoms with Crippen molar-refractivity contribution >= 4 is 17.9 Å². The van der Waals surface area contributed by atoms with Crippen molar-refractivity contribution in [3.63, 3.8) is 0 Å². The second kappa shape index (κ2) is 56.7. The van der Waals surface area contributed by atoms with Crippen LogP contribution in [0.4, 0.5) is 0 Å². The molecule has 67 heavy (non-hydrogen) atoms. The predicted molar refractivity (Wildman–Crippen MR) is 289 cm³/mol. The maximum atomic E-state index is 12.8. The lowest BCUT2D eigenvalue weighted by molar-refractivity contribution is -0.167. The first-order valence-electron chi connectivity index (χ1n) is 30.2. The third-order valence-corrected chi connectivity index (χ3v) is 13.8. The molecule has 0 rings (SSSR count). The first-order chi connectivity index (χ1) is 33.0. The lowest BCUT2D eigenvalue weighted by Crippen LogP contribution is -2.30. The highest BCUT2D eigenvalue weighted by atomic mass is 16.6. The van der Waals surface area contributed by atoms with Gasteiger partial charge >= 0.3 is 17.9 Å². The van der Waals surface area contributed by atoms with E-state index in [1.165, 1.54) is 244 Å². The summed E-state index contributed by atoms with van der Waals surface area (Å²) in [5, 5.41) is 0. The van der Waals surface area contributed by atoms with Crippen molar-refractivity contribution in [2.75, 3.05) is 13.2 Å². The van der Waals surface area contributed by atoms with Crippen molar-refractivity contribution in [1.82, 2.24) is 0 Å². The molecular weight excluding hydrogens is 829 g/mol. The van der Waals surface area contributed by atoms with E-state index >= 15 is 0 Å². The summed E-state index contributed by atoms with van der Waals surface area (Å²) >= 11 is 0. The Morgan fingerprint density at radius 2 is 0.493 bits per heavy atom. The molecule has 6 heteroatoms. The molecule has 0 radical (unpaired) electrons. The van der Waals surface area contributed by atoms with Gasteiger partial charge in [0.05, 0.1) is 0 Å². The van der Waals surface area contributed by atoms with Gasteiger partial charge < -0.3 is 14.2 Å². The molecule has 0 aliphatic rings. The van der Waals surface area contributed by atoms with E-state index in [2.05, 4.69) is 32.9 Å². The van der Waals surface area contributed by atoms with Crippen LogP contribution in [0.1, 0.15) is 342 Å². The topological polar surface area (TPSA) is 78.9 Å². The van der Waals surface area contributed by atoms with E-state index in [1.807, 2.05) is 0 Å². The van der Waals surface area contributed by atoms with Crippen LogP contribution in [0.5, 0.6) is 0 Å². The number of carbonyl (C=O) groups is 3. The Hall–Kier alpha value is -1.85. The van der Waals surface area contributed by atoms with Crippen LogP contribution in [0, 0.1) is 0 Å². The maximum absolute atomic E-state index is 12.8. The molecule has 0 N–H and O–H groups in total. The van der Waals surface area contributed by atoms with E-state index in [4.69, 9.17) is 14.2 Å². The molecule has 0 aromatic carbocycles. The first kappa shape index (κ1) is 65.1. The number of hydrogen-bond acceptors (Lipinski definition) is 6. The third kappa shape index (κ3) is 55.0. The van der Waals surface area contributed by atoms with Gasteiger partial charge in [-0.15, -0.1) is 0 Å². The van der Waals surface area contributed by atoms with Gasteiger partial charge in [0.1, 0.15) is 13.2 Å². The van der Waals surface area contributed by atoms with Crippen LogP contribution in [-0.2, 0) is 28.6 Å². The number of carbonyl (C=O) groups excluding carboxylic acids is 3. The van der Waals surface area contributed by atoms with Crippen molar-refractivity contribution in [2.24, 2.45) is 0 Å². The first-order valence-corrected chi connectivity index (χ1v) is 30.2. The molecular formula is C61H116O6. The van der Waals surface area contributed by atoms with Crippen molar-refractivity contribution in [3.05, 3.63) is 12.2 Å². The van der Waals surface area contributed by atoms with Gasteiger partial charge in [-0.05, 0) is 44.9 Å². The second-order valence-corrected chi connectivity index (χ2v) is 20.6. The normalized spacial score (nSPS) is 12.0. The monoisotopic (exact) mass is 945 g/mol. The quantitative estimate of drug-likeness (QED) is 0.0262. The number of esters is 3. The van der Waals surface area contributed by atoms with Crippen LogP contribution in [0.2, 0.25) is 0 Å². The highest BCUT2D eigenvalue weighted by molar-refractivity contribution is 5.71. The van der Waals surface area contributed by atoms with Crippen molar-refractivity contribution in [3.8, 4) is 0 Å². The number of hydrogen-bond donors (Lipinski definition) is 0. The number of rotatable bonds is 56. The lowest BCUT2D eigenvalue weighted by atomic mass is 10.0. The molecule has 0 aliphatic carbocycles. The zero-order valence-electron chi connectivity index (χ0n) is 45.5. The minimum absolute atomic E-state index is 0.0653. The van der Waals surface area contributed by atoms with Crippen molar-refractivity contribution < 1.29 is 28.6 Å². The van der Waals surface area contributed by atoms with E-state index in [9.17, 15) is 14.4 Å². The Kier molecular flexibility index (Phi) is 55.2. The SMILES string of the molecule is CCCCCCCCCC/C=C\CCCCCCCCCCCC(=O)OCC(COC(=O)CCCCCCCCCC)OC(=O)CCCCCCCCCCCCCCCCCCCCCC. The molecule has 0 aliphatic heterocycles. The zero-order chi connectivity index (χ0) is 48.6. The van der Waals surface area contributed by atoms with Crippen molar-refractivity contribution in [2.45, 2.75) is 348 Å². The Balaban J connectivity index is 4.16. The summed E-state index contributed by atoms with van der Waals surface area (Å²) < 4.78 is 16.8. The Bertz CT molecular complexity index is 1040. The molecule has 0 aromatic heterocycles. The van der Waals surface area contributed by atoms with Crippen molar-refractivity contribution in [1.29, 1.82) is 0 Å². The van der Waals surface area contributed by atoms with E-state index in [-0.39, 0.29) is 31.1 Å². The standard InChI is InChI=1S/C61H116O6/c1-4-7-10-13-16-19-21-23-25-27-29-31-33-34-36-38-40-42-45-48-51-54-60(63)66-57-58(56-65-59(62)53-50-47-44-18-15-12-9-6-3)67-61(64)55-52-49-46-43-41-39-37-35-32-30-28-26-24-22-20-17-14-11-8-5-2/h27,29,58H,4-26,28,30-57H2,1-3H3/b29-27-. The Morgan fingerprint density at radius 3 is 0.746 bits per heavy atom. The third-order valence-electron chi connectivity index (χ3n) is 13.8. The highest BCUT2D eigenvalue weighted by Gasteiger charge is 2.19. The fourth-order valence-corrected chi connectivity index (χ4v) is 9.21. The molecule has 1 unspecified atom stereocenters. The van der Waals surface area contributed by atoms with E-state index in [0.29, 0.717) is 19.3 Å². The van der Waals surface area contributed by atoms with Crippen LogP contribution in [0.25, 0.3) is 0 Å². The van der Waals surface area contributed by atoms with Gasteiger partial charge in [0.25, 0.3) is 0 Å². The predicted octanol–water partition coefficient (Wildman–Crippen LogP) is 20.1. The Labute approximate surface area is 418 Å². The second-order valence-electron chi connectivity index (χ2n) is 20.6. The summed E-state index contributed by atoms with van der Waals surface area (Å²) in [5.41, 5.74) is 0. The summed E-state index contributed by atoms with van der Waals surface area (Å²) in [4.78, 5) is 38.0. The minimum atomic E-state index is -0.764. The molecule has 0 saturated carbocycles. The molecule has 0 fully saturated rings. The van der Waals surface area contributed by atoms with Crippen LogP contribution in [0.15, 0.2) is 12.2 Å². The van der Waals surface area contributed by atoms with Crippen LogP contribution < -0.4 is 0 Å². The van der Waals surface area contributed by atoms with Gasteiger partial charge in [0, 0.05) is 19.3 Å². The molecule has 0 amide bonds. The number of allylic oxidation sites excluding steroid dienone is 2. The van der Waals surface area contributed by atoms with Crippen LogP contribution in [0.3, 0.4) is 0 Å². The number of ether oxygens (including phenoxy) is 3. The molecule has 0 heterocycles.